The fourth-order valence-electron chi connectivity index (χ4n) is 1.76. The third kappa shape index (κ3) is 1.13. The van der Waals surface area contributed by atoms with Gasteiger partial charge in [-0.2, -0.15) is 5.10 Å². The second-order valence-corrected chi connectivity index (χ2v) is 3.81. The fourth-order valence-corrected chi connectivity index (χ4v) is 1.76. The van der Waals surface area contributed by atoms with Crippen molar-refractivity contribution in [3.8, 4) is 0 Å². The van der Waals surface area contributed by atoms with Crippen LogP contribution in [0.5, 0.6) is 0 Å². The number of carbonyl (C=O) groups excluding carboxylic acids is 1. The average molecular weight is 179 g/mol. The number of H-pyrrole nitrogens is 1. The smallest absolute Gasteiger partial charge is 0.229 e. The molecule has 1 unspecified atom stereocenters. The van der Waals surface area contributed by atoms with E-state index in [1.165, 1.54) is 0 Å². The lowest BCUT2D eigenvalue weighted by atomic mass is 9.81. The van der Waals surface area contributed by atoms with Crippen LogP contribution >= 0.6 is 0 Å². The Morgan fingerprint density at radius 2 is 2.46 bits per heavy atom. The van der Waals surface area contributed by atoms with Crippen LogP contribution in [-0.2, 0) is 10.2 Å². The molecule has 0 aliphatic heterocycles. The number of rotatable bonds is 3. The van der Waals surface area contributed by atoms with E-state index in [4.69, 9.17) is 5.73 Å². The average Bonchev–Trinajstić information content (AvgIpc) is 2.80. The third-order valence-corrected chi connectivity index (χ3v) is 2.97. The minimum atomic E-state index is -0.545. The molecule has 0 saturated heterocycles. The van der Waals surface area contributed by atoms with Crippen LogP contribution in [0.2, 0.25) is 0 Å². The summed E-state index contributed by atoms with van der Waals surface area (Å²) in [7, 11) is 0. The summed E-state index contributed by atoms with van der Waals surface area (Å²) in [6.45, 7) is 1.89. The third-order valence-electron chi connectivity index (χ3n) is 2.97. The van der Waals surface area contributed by atoms with Gasteiger partial charge in [0.1, 0.15) is 0 Å². The van der Waals surface area contributed by atoms with Gasteiger partial charge in [0.2, 0.25) is 5.91 Å². The lowest BCUT2D eigenvalue weighted by Gasteiger charge is -2.23. The molecule has 1 saturated carbocycles. The highest BCUT2D eigenvalue weighted by atomic mass is 16.1. The molecule has 3 N–H and O–H groups in total. The summed E-state index contributed by atoms with van der Waals surface area (Å²) < 4.78 is 0. The summed E-state index contributed by atoms with van der Waals surface area (Å²) in [6.07, 6.45) is 3.82. The van der Waals surface area contributed by atoms with Crippen LogP contribution < -0.4 is 5.73 Å². The molecule has 4 heteroatoms. The molecule has 70 valence electrons. The van der Waals surface area contributed by atoms with E-state index in [0.29, 0.717) is 5.92 Å². The van der Waals surface area contributed by atoms with Crippen molar-refractivity contribution in [2.24, 2.45) is 11.7 Å². The van der Waals surface area contributed by atoms with Crippen LogP contribution in [0, 0.1) is 5.92 Å². The van der Waals surface area contributed by atoms with Crippen LogP contribution in [0.4, 0.5) is 0 Å². The molecule has 1 aromatic heterocycles. The minimum Gasteiger partial charge on any atom is -0.369 e. The van der Waals surface area contributed by atoms with E-state index in [0.717, 1.165) is 18.5 Å². The molecule has 1 aliphatic rings. The summed E-state index contributed by atoms with van der Waals surface area (Å²) in [5.41, 5.74) is 5.71. The van der Waals surface area contributed by atoms with Crippen molar-refractivity contribution in [1.82, 2.24) is 10.2 Å². The standard InChI is InChI=1S/C9H13N3O/c1-9(8(10)13,6-2-3-6)7-4-5-11-12-7/h4-6H,2-3H2,1H3,(H2,10,13)(H,11,12). The lowest BCUT2D eigenvalue weighted by Crippen LogP contribution is -2.40. The van der Waals surface area contributed by atoms with Crippen molar-refractivity contribution >= 4 is 5.91 Å². The topological polar surface area (TPSA) is 71.8 Å². The van der Waals surface area contributed by atoms with Crippen LogP contribution in [0.1, 0.15) is 25.5 Å². The molecule has 1 amide bonds. The van der Waals surface area contributed by atoms with Gasteiger partial charge in [0.05, 0.1) is 11.1 Å². The molecule has 1 atom stereocenters. The zero-order chi connectivity index (χ0) is 9.47. The van der Waals surface area contributed by atoms with Gasteiger partial charge < -0.3 is 5.73 Å². The minimum absolute atomic E-state index is 0.265. The van der Waals surface area contributed by atoms with Crippen molar-refractivity contribution < 1.29 is 4.79 Å². The first-order valence-electron chi connectivity index (χ1n) is 4.45. The molecular formula is C9H13N3O. The lowest BCUT2D eigenvalue weighted by molar-refractivity contribution is -0.123. The first-order chi connectivity index (χ1) is 6.15. The zero-order valence-corrected chi connectivity index (χ0v) is 7.58. The van der Waals surface area contributed by atoms with Crippen molar-refractivity contribution in [3.63, 3.8) is 0 Å². The Balaban J connectivity index is 2.38. The number of nitrogens with one attached hydrogen (secondary N) is 1. The summed E-state index contributed by atoms with van der Waals surface area (Å²) in [5.74, 6) is 0.129. The number of nitrogens with two attached hydrogens (primary N) is 1. The number of carbonyl (C=O) groups is 1. The van der Waals surface area contributed by atoms with Crippen LogP contribution in [0.15, 0.2) is 12.3 Å². The Morgan fingerprint density at radius 1 is 1.77 bits per heavy atom. The molecule has 13 heavy (non-hydrogen) atoms. The monoisotopic (exact) mass is 179 g/mol. The Hall–Kier alpha value is -1.32. The highest BCUT2D eigenvalue weighted by molar-refractivity contribution is 5.86. The maximum absolute atomic E-state index is 11.4. The number of hydrogen-bond donors (Lipinski definition) is 2. The molecule has 1 aliphatic carbocycles. The fraction of sp³-hybridized carbons (Fsp3) is 0.556. The van der Waals surface area contributed by atoms with E-state index >= 15 is 0 Å². The van der Waals surface area contributed by atoms with Crippen LogP contribution in [-0.4, -0.2) is 16.1 Å². The molecular weight excluding hydrogens is 166 g/mol. The van der Waals surface area contributed by atoms with Gasteiger partial charge in [0, 0.05) is 6.20 Å². The summed E-state index contributed by atoms with van der Waals surface area (Å²) in [5, 5.41) is 6.68. The van der Waals surface area contributed by atoms with Gasteiger partial charge in [-0.05, 0) is 31.7 Å². The van der Waals surface area contributed by atoms with Gasteiger partial charge in [0.25, 0.3) is 0 Å². The molecule has 0 spiro atoms. The van der Waals surface area contributed by atoms with E-state index < -0.39 is 5.41 Å². The zero-order valence-electron chi connectivity index (χ0n) is 7.58. The molecule has 4 nitrogen and oxygen atoms in total. The Morgan fingerprint density at radius 3 is 2.85 bits per heavy atom. The van der Waals surface area contributed by atoms with Crippen molar-refractivity contribution in [2.75, 3.05) is 0 Å². The van der Waals surface area contributed by atoms with E-state index in [2.05, 4.69) is 10.2 Å². The number of nitrogens with zero attached hydrogens (tertiary/aromatic N) is 1. The Bertz CT molecular complexity index is 316. The van der Waals surface area contributed by atoms with Gasteiger partial charge in [0.15, 0.2) is 0 Å². The second kappa shape index (κ2) is 2.58. The first kappa shape index (κ1) is 8.29. The van der Waals surface area contributed by atoms with Gasteiger partial charge in [-0.15, -0.1) is 0 Å². The molecule has 1 aromatic rings. The Labute approximate surface area is 76.5 Å². The van der Waals surface area contributed by atoms with Gasteiger partial charge in [-0.3, -0.25) is 9.89 Å². The van der Waals surface area contributed by atoms with Gasteiger partial charge in [-0.1, -0.05) is 0 Å². The molecule has 2 rings (SSSR count). The van der Waals surface area contributed by atoms with E-state index in [1.54, 1.807) is 6.20 Å². The number of amides is 1. The SMILES string of the molecule is CC(C(N)=O)(c1ccn[nH]1)C1CC1. The molecule has 0 bridgehead atoms. The molecule has 1 heterocycles. The van der Waals surface area contributed by atoms with Crippen molar-refractivity contribution in [3.05, 3.63) is 18.0 Å². The normalized spacial score (nSPS) is 21.0. The predicted octanol–water partition coefficient (Wildman–Crippen LogP) is 0.563. The molecule has 0 radical (unpaired) electrons. The quantitative estimate of drug-likeness (QED) is 0.711. The molecule has 1 fully saturated rings. The predicted molar refractivity (Wildman–Crippen MR) is 47.9 cm³/mol. The first-order valence-corrected chi connectivity index (χ1v) is 4.45. The summed E-state index contributed by atoms with van der Waals surface area (Å²) in [6, 6.07) is 1.82. The van der Waals surface area contributed by atoms with E-state index in [9.17, 15) is 4.79 Å². The largest absolute Gasteiger partial charge is 0.369 e. The second-order valence-electron chi connectivity index (χ2n) is 3.81. The van der Waals surface area contributed by atoms with Gasteiger partial charge >= 0.3 is 0 Å². The van der Waals surface area contributed by atoms with E-state index in [-0.39, 0.29) is 5.91 Å². The summed E-state index contributed by atoms with van der Waals surface area (Å²) in [4.78, 5) is 11.4. The number of hydrogen-bond acceptors (Lipinski definition) is 2. The number of aromatic nitrogens is 2. The number of aromatic amines is 1. The highest BCUT2D eigenvalue weighted by Crippen LogP contribution is 2.46. The van der Waals surface area contributed by atoms with Crippen LogP contribution in [0.3, 0.4) is 0 Å². The van der Waals surface area contributed by atoms with Gasteiger partial charge in [-0.25, -0.2) is 0 Å². The van der Waals surface area contributed by atoms with Crippen molar-refractivity contribution in [2.45, 2.75) is 25.2 Å². The molecule has 0 aromatic carbocycles. The summed E-state index contributed by atoms with van der Waals surface area (Å²) >= 11 is 0. The van der Waals surface area contributed by atoms with E-state index in [1.807, 2.05) is 13.0 Å². The maximum Gasteiger partial charge on any atom is 0.229 e. The Kier molecular flexibility index (Phi) is 1.65. The highest BCUT2D eigenvalue weighted by Gasteiger charge is 2.48. The van der Waals surface area contributed by atoms with Crippen LogP contribution in [0.25, 0.3) is 0 Å². The maximum atomic E-state index is 11.4. The number of primary amides is 1. The van der Waals surface area contributed by atoms with Crippen molar-refractivity contribution in [1.29, 1.82) is 0 Å².